The van der Waals surface area contributed by atoms with Gasteiger partial charge in [0.25, 0.3) is 0 Å². The molecule has 0 unspecified atom stereocenters. The van der Waals surface area contributed by atoms with Crippen LogP contribution in [-0.4, -0.2) is 18.3 Å². The van der Waals surface area contributed by atoms with Gasteiger partial charge in [-0.15, -0.1) is 0 Å². The number of quaternary nitrogens is 1. The van der Waals surface area contributed by atoms with Crippen LogP contribution in [0.2, 0.25) is 0 Å². The van der Waals surface area contributed by atoms with Crippen molar-refractivity contribution in [2.45, 2.75) is 26.7 Å². The second-order valence-electron chi connectivity index (χ2n) is 3.13. The van der Waals surface area contributed by atoms with Crippen LogP contribution in [0.1, 0.15) is 26.7 Å². The molecule has 10 heavy (non-hydrogen) atoms. The van der Waals surface area contributed by atoms with Gasteiger partial charge in [0.05, 0.1) is 5.41 Å². The van der Waals surface area contributed by atoms with Crippen LogP contribution in [0.4, 0.5) is 0 Å². The van der Waals surface area contributed by atoms with Crippen molar-refractivity contribution in [3.05, 3.63) is 0 Å². The minimum atomic E-state index is 0. The van der Waals surface area contributed by atoms with E-state index in [-0.39, 0.29) is 12.4 Å². The zero-order valence-electron chi connectivity index (χ0n) is 6.65. The molecule has 0 atom stereocenters. The predicted molar refractivity (Wildman–Crippen MR) is 35.5 cm³/mol. The number of hydroxylamine groups is 2. The zero-order valence-corrected chi connectivity index (χ0v) is 7.41. The van der Waals surface area contributed by atoms with Crippen molar-refractivity contribution in [1.29, 1.82) is 0 Å². The number of nitrogens with one attached hydrogen (secondary N) is 1. The second kappa shape index (κ2) is 3.56. The molecule has 1 fully saturated rings. The summed E-state index contributed by atoms with van der Waals surface area (Å²) in [7, 11) is 0. The molecule has 3 heteroatoms. The number of halogens is 1. The fourth-order valence-corrected chi connectivity index (χ4v) is 1.56. The van der Waals surface area contributed by atoms with Gasteiger partial charge < -0.3 is 12.4 Å². The molecule has 1 saturated heterocycles. The van der Waals surface area contributed by atoms with E-state index in [0.717, 1.165) is 13.1 Å². The van der Waals surface area contributed by atoms with E-state index in [9.17, 15) is 0 Å². The molecule has 0 saturated carbocycles. The van der Waals surface area contributed by atoms with E-state index in [0.29, 0.717) is 10.5 Å². The van der Waals surface area contributed by atoms with Crippen LogP contribution in [-0.2, 0) is 0 Å². The monoisotopic (exact) mass is 165 g/mol. The van der Waals surface area contributed by atoms with E-state index < -0.39 is 0 Å². The molecule has 1 heterocycles. The summed E-state index contributed by atoms with van der Waals surface area (Å²) < 4.78 is 0. The minimum absolute atomic E-state index is 0. The third kappa shape index (κ3) is 1.62. The molecule has 0 aromatic rings. The van der Waals surface area contributed by atoms with Crippen molar-refractivity contribution in [2.24, 2.45) is 5.41 Å². The summed E-state index contributed by atoms with van der Waals surface area (Å²) in [6, 6.07) is 0. The Morgan fingerprint density at radius 1 is 1.30 bits per heavy atom. The van der Waals surface area contributed by atoms with Crippen LogP contribution in [0, 0.1) is 5.41 Å². The third-order valence-electron chi connectivity index (χ3n) is 2.66. The summed E-state index contributed by atoms with van der Waals surface area (Å²) in [6.45, 7) is 6.33. The van der Waals surface area contributed by atoms with Gasteiger partial charge in [-0.2, -0.15) is 5.06 Å². The Kier molecular flexibility index (Phi) is 3.63. The SMILES string of the molecule is CCC1(CC)C[NH+](O)C1.[Cl-]. The molecule has 1 aliphatic heterocycles. The fraction of sp³-hybridized carbons (Fsp3) is 1.00. The van der Waals surface area contributed by atoms with Gasteiger partial charge in [-0.05, 0) is 12.8 Å². The Balaban J connectivity index is 0.000000810. The lowest BCUT2D eigenvalue weighted by atomic mass is 9.76. The van der Waals surface area contributed by atoms with Crippen LogP contribution < -0.4 is 17.5 Å². The first-order valence-electron chi connectivity index (χ1n) is 3.76. The van der Waals surface area contributed by atoms with Crippen molar-refractivity contribution in [1.82, 2.24) is 0 Å². The predicted octanol–water partition coefficient (Wildman–Crippen LogP) is -2.92. The summed E-state index contributed by atoms with van der Waals surface area (Å²) in [5.41, 5.74) is 0.490. The quantitative estimate of drug-likeness (QED) is 0.451. The largest absolute Gasteiger partial charge is 1.00 e. The van der Waals surface area contributed by atoms with Crippen molar-refractivity contribution in [2.75, 3.05) is 13.1 Å². The molecule has 2 N–H and O–H groups in total. The molecule has 0 aromatic carbocycles. The number of rotatable bonds is 2. The van der Waals surface area contributed by atoms with E-state index in [1.165, 1.54) is 12.8 Å². The van der Waals surface area contributed by atoms with Crippen LogP contribution in [0.5, 0.6) is 0 Å². The fourth-order valence-electron chi connectivity index (χ4n) is 1.56. The summed E-state index contributed by atoms with van der Waals surface area (Å²) in [4.78, 5) is 0. The standard InChI is InChI=1S/C7H15NO.ClH/c1-3-7(4-2)5-8(9)6-7;/h9H,3-6H2,1-2H3;1H. The average Bonchev–Trinajstić information content (AvgIpc) is 1.81. The lowest BCUT2D eigenvalue weighted by Gasteiger charge is -2.40. The van der Waals surface area contributed by atoms with E-state index >= 15 is 0 Å². The third-order valence-corrected chi connectivity index (χ3v) is 2.66. The average molecular weight is 166 g/mol. The lowest BCUT2D eigenvalue weighted by molar-refractivity contribution is -1.13. The van der Waals surface area contributed by atoms with Crippen LogP contribution in [0.25, 0.3) is 0 Å². The first-order chi connectivity index (χ1) is 4.22. The lowest BCUT2D eigenvalue weighted by Crippen LogP contribution is -3.20. The number of hydrogen-bond donors (Lipinski definition) is 2. The topological polar surface area (TPSA) is 24.7 Å². The van der Waals surface area contributed by atoms with Crippen molar-refractivity contribution >= 4 is 0 Å². The van der Waals surface area contributed by atoms with Gasteiger partial charge in [0.1, 0.15) is 13.1 Å². The maximum atomic E-state index is 8.96. The molecule has 0 bridgehead atoms. The van der Waals surface area contributed by atoms with E-state index in [1.807, 2.05) is 0 Å². The van der Waals surface area contributed by atoms with Gasteiger partial charge in [0.15, 0.2) is 0 Å². The van der Waals surface area contributed by atoms with E-state index in [1.54, 1.807) is 0 Å². The highest BCUT2D eigenvalue weighted by Crippen LogP contribution is 2.26. The van der Waals surface area contributed by atoms with Gasteiger partial charge in [-0.3, -0.25) is 0 Å². The Morgan fingerprint density at radius 3 is 1.80 bits per heavy atom. The maximum Gasteiger partial charge on any atom is 0.118 e. The van der Waals surface area contributed by atoms with E-state index in [2.05, 4.69) is 13.8 Å². The van der Waals surface area contributed by atoms with Crippen LogP contribution in [0.15, 0.2) is 0 Å². The Hall–Kier alpha value is 0.210. The summed E-state index contributed by atoms with van der Waals surface area (Å²) in [5, 5.41) is 9.67. The van der Waals surface area contributed by atoms with Gasteiger partial charge in [-0.25, -0.2) is 5.21 Å². The second-order valence-corrected chi connectivity index (χ2v) is 3.13. The molecular formula is C7H16ClNO. The molecule has 0 spiro atoms. The normalized spacial score (nSPS) is 23.1. The van der Waals surface area contributed by atoms with Gasteiger partial charge >= 0.3 is 0 Å². The van der Waals surface area contributed by atoms with Gasteiger partial charge in [-0.1, -0.05) is 13.8 Å². The summed E-state index contributed by atoms with van der Waals surface area (Å²) in [5.74, 6) is 0. The highest BCUT2D eigenvalue weighted by molar-refractivity contribution is 4.78. The number of hydrogen-bond acceptors (Lipinski definition) is 1. The first kappa shape index (κ1) is 10.2. The summed E-state index contributed by atoms with van der Waals surface area (Å²) in [6.07, 6.45) is 2.43. The van der Waals surface area contributed by atoms with Crippen LogP contribution >= 0.6 is 0 Å². The van der Waals surface area contributed by atoms with Gasteiger partial charge in [0, 0.05) is 0 Å². The van der Waals surface area contributed by atoms with Crippen molar-refractivity contribution < 1.29 is 22.7 Å². The molecule has 0 aliphatic carbocycles. The van der Waals surface area contributed by atoms with Gasteiger partial charge in [0.2, 0.25) is 0 Å². The van der Waals surface area contributed by atoms with Crippen molar-refractivity contribution in [3.63, 3.8) is 0 Å². The molecule has 0 radical (unpaired) electrons. The molecular weight excluding hydrogens is 150 g/mol. The highest BCUT2D eigenvalue weighted by atomic mass is 35.5. The molecule has 1 aliphatic rings. The van der Waals surface area contributed by atoms with E-state index in [4.69, 9.17) is 5.21 Å². The smallest absolute Gasteiger partial charge is 0.118 e. The Labute approximate surface area is 68.6 Å². The molecule has 62 valence electrons. The maximum absolute atomic E-state index is 8.96. The van der Waals surface area contributed by atoms with Crippen molar-refractivity contribution in [3.8, 4) is 0 Å². The highest BCUT2D eigenvalue weighted by Gasteiger charge is 2.44. The zero-order chi connectivity index (χ0) is 6.91. The molecule has 0 amide bonds. The van der Waals surface area contributed by atoms with Crippen LogP contribution in [0.3, 0.4) is 0 Å². The first-order valence-corrected chi connectivity index (χ1v) is 3.76. The minimum Gasteiger partial charge on any atom is -1.00 e. The molecule has 1 rings (SSSR count). The molecule has 0 aromatic heterocycles. The summed E-state index contributed by atoms with van der Waals surface area (Å²) >= 11 is 0. The Bertz CT molecular complexity index is 95.8. The Morgan fingerprint density at radius 2 is 1.70 bits per heavy atom. The molecule has 2 nitrogen and oxygen atoms in total.